The first-order valence-corrected chi connectivity index (χ1v) is 9.06. The van der Waals surface area contributed by atoms with Crippen LogP contribution in [0.15, 0.2) is 46.8 Å². The highest BCUT2D eigenvalue weighted by molar-refractivity contribution is 5.69. The molecule has 0 aliphatic heterocycles. The molecular formula is C20H24N4O5. The van der Waals surface area contributed by atoms with Crippen LogP contribution >= 0.6 is 0 Å². The number of aliphatic hydroxyl groups is 1. The number of rotatable bonds is 8. The van der Waals surface area contributed by atoms with E-state index >= 15 is 0 Å². The summed E-state index contributed by atoms with van der Waals surface area (Å²) in [5.74, 6) is 1.07. The molecule has 0 spiro atoms. The van der Waals surface area contributed by atoms with Crippen molar-refractivity contribution in [3.05, 3.63) is 63.6 Å². The third-order valence-corrected chi connectivity index (χ3v) is 4.66. The molecule has 3 rings (SSSR count). The van der Waals surface area contributed by atoms with Crippen LogP contribution in [0.2, 0.25) is 0 Å². The van der Waals surface area contributed by atoms with Gasteiger partial charge in [-0.2, -0.15) is 0 Å². The first-order valence-electron chi connectivity index (χ1n) is 9.06. The Labute approximate surface area is 167 Å². The molecule has 29 heavy (non-hydrogen) atoms. The zero-order chi connectivity index (χ0) is 21.1. The molecule has 0 aliphatic carbocycles. The average Bonchev–Trinajstić information content (AvgIpc) is 3.13. The number of ether oxygens (including phenoxy) is 2. The summed E-state index contributed by atoms with van der Waals surface area (Å²) < 4.78 is 14.9. The Morgan fingerprint density at radius 1 is 1.24 bits per heavy atom. The van der Waals surface area contributed by atoms with Crippen molar-refractivity contribution < 1.29 is 14.6 Å². The maximum Gasteiger partial charge on any atom is 0.332 e. The topological polar surface area (TPSA) is 101 Å². The number of imidazole rings is 1. The van der Waals surface area contributed by atoms with Crippen LogP contribution in [0.5, 0.6) is 11.5 Å². The lowest BCUT2D eigenvalue weighted by Crippen LogP contribution is -2.38. The van der Waals surface area contributed by atoms with E-state index in [1.165, 1.54) is 22.5 Å². The van der Waals surface area contributed by atoms with Crippen molar-refractivity contribution in [1.82, 2.24) is 18.7 Å². The van der Waals surface area contributed by atoms with Gasteiger partial charge >= 0.3 is 5.69 Å². The van der Waals surface area contributed by atoms with Crippen molar-refractivity contribution in [2.45, 2.75) is 19.1 Å². The minimum Gasteiger partial charge on any atom is -0.493 e. The van der Waals surface area contributed by atoms with Gasteiger partial charge in [-0.05, 0) is 24.1 Å². The van der Waals surface area contributed by atoms with Gasteiger partial charge in [0.2, 0.25) is 0 Å². The van der Waals surface area contributed by atoms with E-state index in [-0.39, 0.29) is 24.3 Å². The van der Waals surface area contributed by atoms with E-state index in [0.29, 0.717) is 17.9 Å². The SMILES string of the molecule is C=CCc1ccc(OC[C@@H](O)Cn2cnc3c2c(=O)n(C)c(=O)n3C)c(OC)c1. The van der Waals surface area contributed by atoms with Gasteiger partial charge in [-0.25, -0.2) is 9.78 Å². The molecule has 2 aromatic heterocycles. The van der Waals surface area contributed by atoms with Crippen LogP contribution in [-0.4, -0.2) is 43.6 Å². The lowest BCUT2D eigenvalue weighted by molar-refractivity contribution is 0.0918. The summed E-state index contributed by atoms with van der Waals surface area (Å²) in [6, 6.07) is 5.54. The number of hydrogen-bond donors (Lipinski definition) is 1. The van der Waals surface area contributed by atoms with E-state index in [2.05, 4.69) is 11.6 Å². The monoisotopic (exact) mass is 400 g/mol. The summed E-state index contributed by atoms with van der Waals surface area (Å²) in [5, 5.41) is 10.4. The van der Waals surface area contributed by atoms with Gasteiger partial charge in [-0.1, -0.05) is 12.1 Å². The molecule has 1 N–H and O–H groups in total. The van der Waals surface area contributed by atoms with E-state index in [1.807, 2.05) is 12.1 Å². The molecule has 1 atom stereocenters. The highest BCUT2D eigenvalue weighted by Gasteiger charge is 2.17. The molecule has 3 aromatic rings. The fourth-order valence-corrected chi connectivity index (χ4v) is 3.13. The molecule has 0 saturated heterocycles. The Morgan fingerprint density at radius 2 is 2.00 bits per heavy atom. The summed E-state index contributed by atoms with van der Waals surface area (Å²) in [6.07, 6.45) is 3.03. The molecule has 0 amide bonds. The summed E-state index contributed by atoms with van der Waals surface area (Å²) in [5.41, 5.74) is 0.638. The minimum absolute atomic E-state index is 0.0110. The molecule has 0 saturated carbocycles. The maximum atomic E-state index is 12.5. The van der Waals surface area contributed by atoms with Gasteiger partial charge in [0, 0.05) is 14.1 Å². The van der Waals surface area contributed by atoms with Crippen LogP contribution in [0.3, 0.4) is 0 Å². The average molecular weight is 400 g/mol. The van der Waals surface area contributed by atoms with E-state index < -0.39 is 17.4 Å². The van der Waals surface area contributed by atoms with Crippen molar-refractivity contribution in [2.24, 2.45) is 14.1 Å². The van der Waals surface area contributed by atoms with E-state index in [1.54, 1.807) is 26.3 Å². The largest absolute Gasteiger partial charge is 0.493 e. The second kappa shape index (κ2) is 8.36. The molecule has 2 heterocycles. The minimum atomic E-state index is -0.910. The molecule has 9 heteroatoms. The number of aliphatic hydroxyl groups excluding tert-OH is 1. The van der Waals surface area contributed by atoms with Crippen LogP contribution in [0.4, 0.5) is 0 Å². The van der Waals surface area contributed by atoms with Gasteiger partial charge in [-0.15, -0.1) is 6.58 Å². The van der Waals surface area contributed by atoms with Crippen molar-refractivity contribution >= 4 is 11.2 Å². The Hall–Kier alpha value is -3.33. The fraction of sp³-hybridized carbons (Fsp3) is 0.350. The first-order chi connectivity index (χ1) is 13.9. The Balaban J connectivity index is 1.77. The highest BCUT2D eigenvalue weighted by Crippen LogP contribution is 2.28. The predicted molar refractivity (Wildman–Crippen MR) is 109 cm³/mol. The van der Waals surface area contributed by atoms with E-state index in [4.69, 9.17) is 9.47 Å². The number of methoxy groups -OCH3 is 1. The van der Waals surface area contributed by atoms with Crippen molar-refractivity contribution in [2.75, 3.05) is 13.7 Å². The predicted octanol–water partition coefficient (Wildman–Crippen LogP) is 0.611. The third kappa shape index (κ3) is 3.95. The quantitative estimate of drug-likeness (QED) is 0.556. The van der Waals surface area contributed by atoms with Gasteiger partial charge in [0.1, 0.15) is 12.7 Å². The van der Waals surface area contributed by atoms with E-state index in [9.17, 15) is 14.7 Å². The molecule has 154 valence electrons. The number of hydrogen-bond acceptors (Lipinski definition) is 6. The zero-order valence-corrected chi connectivity index (χ0v) is 16.7. The molecule has 0 fully saturated rings. The van der Waals surface area contributed by atoms with Gasteiger partial charge in [0.15, 0.2) is 22.7 Å². The van der Waals surface area contributed by atoms with Crippen LogP contribution < -0.4 is 20.7 Å². The number of allylic oxidation sites excluding steroid dienone is 1. The summed E-state index contributed by atoms with van der Waals surface area (Å²) in [6.45, 7) is 3.79. The van der Waals surface area contributed by atoms with Gasteiger partial charge < -0.3 is 19.1 Å². The molecule has 0 unspecified atom stereocenters. The smallest absolute Gasteiger partial charge is 0.332 e. The molecule has 0 bridgehead atoms. The lowest BCUT2D eigenvalue weighted by Gasteiger charge is -2.16. The second-order valence-corrected chi connectivity index (χ2v) is 6.72. The standard InChI is InChI=1S/C20H24N4O5/c1-5-6-13-7-8-15(16(9-13)28-4)29-11-14(25)10-24-12-21-18-17(24)19(26)23(3)20(27)22(18)2/h5,7-9,12,14,25H,1,6,10-11H2,2-4H3/t14-/m0/s1. The van der Waals surface area contributed by atoms with Crippen LogP contribution in [0.25, 0.3) is 11.2 Å². The Bertz CT molecular complexity index is 1160. The molecule has 0 aliphatic rings. The Kier molecular flexibility index (Phi) is 5.88. The van der Waals surface area contributed by atoms with Crippen LogP contribution in [-0.2, 0) is 27.1 Å². The van der Waals surface area contributed by atoms with Crippen LogP contribution in [0, 0.1) is 0 Å². The number of fused-ring (bicyclic) bond motifs is 1. The molecule has 9 nitrogen and oxygen atoms in total. The van der Waals surface area contributed by atoms with Crippen molar-refractivity contribution in [3.8, 4) is 11.5 Å². The summed E-state index contributed by atoms with van der Waals surface area (Å²) >= 11 is 0. The zero-order valence-electron chi connectivity index (χ0n) is 16.7. The Morgan fingerprint density at radius 3 is 2.69 bits per heavy atom. The first kappa shape index (κ1) is 20.4. The van der Waals surface area contributed by atoms with Crippen LogP contribution in [0.1, 0.15) is 5.56 Å². The summed E-state index contributed by atoms with van der Waals surface area (Å²) in [4.78, 5) is 28.6. The number of benzene rings is 1. The van der Waals surface area contributed by atoms with Crippen molar-refractivity contribution in [3.63, 3.8) is 0 Å². The molecule has 0 radical (unpaired) electrons. The summed E-state index contributed by atoms with van der Waals surface area (Å²) in [7, 11) is 4.50. The maximum absolute atomic E-state index is 12.5. The molecule has 1 aromatic carbocycles. The molecular weight excluding hydrogens is 376 g/mol. The van der Waals surface area contributed by atoms with Gasteiger partial charge in [0.05, 0.1) is 20.0 Å². The highest BCUT2D eigenvalue weighted by atomic mass is 16.5. The van der Waals surface area contributed by atoms with Gasteiger partial charge in [0.25, 0.3) is 5.56 Å². The number of aryl methyl sites for hydroxylation is 1. The van der Waals surface area contributed by atoms with Crippen molar-refractivity contribution in [1.29, 1.82) is 0 Å². The third-order valence-electron chi connectivity index (χ3n) is 4.66. The normalized spacial score (nSPS) is 12.1. The number of aromatic nitrogens is 4. The fourth-order valence-electron chi connectivity index (χ4n) is 3.13. The van der Waals surface area contributed by atoms with E-state index in [0.717, 1.165) is 10.1 Å². The second-order valence-electron chi connectivity index (χ2n) is 6.72. The number of nitrogens with zero attached hydrogens (tertiary/aromatic N) is 4. The lowest BCUT2D eigenvalue weighted by atomic mass is 10.1. The van der Waals surface area contributed by atoms with Gasteiger partial charge in [-0.3, -0.25) is 13.9 Å².